The minimum absolute atomic E-state index is 0.0466. The van der Waals surface area contributed by atoms with Gasteiger partial charge in [0.2, 0.25) is 0 Å². The molecule has 2 atom stereocenters. The number of nitrogens with zero attached hydrogens (tertiary/aromatic N) is 1. The third kappa shape index (κ3) is 4.02. The average molecular weight is 354 g/mol. The largest absolute Gasteiger partial charge is 0.497 e. The van der Waals surface area contributed by atoms with Gasteiger partial charge in [-0.25, -0.2) is 0 Å². The Bertz CT molecular complexity index is 771. The number of ether oxygens (including phenoxy) is 1. The van der Waals surface area contributed by atoms with E-state index in [1.54, 1.807) is 19.2 Å². The van der Waals surface area contributed by atoms with E-state index >= 15 is 0 Å². The molecule has 1 saturated carbocycles. The number of nitro groups is 1. The van der Waals surface area contributed by atoms with E-state index in [0.717, 1.165) is 36.3 Å². The molecule has 0 radical (unpaired) electrons. The maximum Gasteiger partial charge on any atom is 0.269 e. The third-order valence-corrected chi connectivity index (χ3v) is 4.88. The monoisotopic (exact) mass is 354 g/mol. The van der Waals surface area contributed by atoms with E-state index in [4.69, 9.17) is 4.74 Å². The van der Waals surface area contributed by atoms with Crippen LogP contribution in [0, 0.1) is 16.0 Å². The van der Waals surface area contributed by atoms with Crippen molar-refractivity contribution in [3.63, 3.8) is 0 Å². The van der Waals surface area contributed by atoms with Crippen LogP contribution in [0.3, 0.4) is 0 Å². The minimum Gasteiger partial charge on any atom is -0.497 e. The van der Waals surface area contributed by atoms with Crippen molar-refractivity contribution in [1.29, 1.82) is 0 Å². The number of carbonyl (C=O) groups excluding carboxylic acids is 1. The fraction of sp³-hybridized carbons (Fsp3) is 0.350. The minimum atomic E-state index is -0.421. The summed E-state index contributed by atoms with van der Waals surface area (Å²) in [5.41, 5.74) is 1.81. The fourth-order valence-electron chi connectivity index (χ4n) is 3.45. The SMILES string of the molecule is COc1ccc([C@H](Nc2ccc([N+](=O)[O-])cc2)[C@H]2CCCCC2=O)cc1. The van der Waals surface area contributed by atoms with Gasteiger partial charge >= 0.3 is 0 Å². The van der Waals surface area contributed by atoms with Gasteiger partial charge in [-0.15, -0.1) is 0 Å². The molecule has 136 valence electrons. The van der Waals surface area contributed by atoms with Crippen molar-refractivity contribution < 1.29 is 14.5 Å². The van der Waals surface area contributed by atoms with Crippen LogP contribution in [-0.2, 0) is 4.79 Å². The number of hydrogen-bond donors (Lipinski definition) is 1. The van der Waals surface area contributed by atoms with Crippen molar-refractivity contribution in [2.24, 2.45) is 5.92 Å². The summed E-state index contributed by atoms with van der Waals surface area (Å²) >= 11 is 0. The highest BCUT2D eigenvalue weighted by molar-refractivity contribution is 5.83. The van der Waals surface area contributed by atoms with Gasteiger partial charge in [-0.05, 0) is 42.7 Å². The van der Waals surface area contributed by atoms with Gasteiger partial charge in [-0.1, -0.05) is 18.6 Å². The predicted octanol–water partition coefficient (Wildman–Crippen LogP) is 4.52. The normalized spacial score (nSPS) is 18.2. The summed E-state index contributed by atoms with van der Waals surface area (Å²) in [7, 11) is 1.62. The van der Waals surface area contributed by atoms with E-state index in [1.807, 2.05) is 24.3 Å². The molecule has 0 aromatic heterocycles. The lowest BCUT2D eigenvalue weighted by Gasteiger charge is -2.31. The molecule has 1 aliphatic carbocycles. The van der Waals surface area contributed by atoms with Crippen LogP contribution >= 0.6 is 0 Å². The Labute approximate surface area is 152 Å². The second-order valence-electron chi connectivity index (χ2n) is 6.52. The van der Waals surface area contributed by atoms with Crippen LogP contribution < -0.4 is 10.1 Å². The first-order valence-corrected chi connectivity index (χ1v) is 8.76. The summed E-state index contributed by atoms with van der Waals surface area (Å²) in [4.78, 5) is 22.9. The average Bonchev–Trinajstić information content (AvgIpc) is 2.67. The quantitative estimate of drug-likeness (QED) is 0.609. The van der Waals surface area contributed by atoms with Crippen LogP contribution in [0.1, 0.15) is 37.3 Å². The van der Waals surface area contributed by atoms with Crippen molar-refractivity contribution >= 4 is 17.2 Å². The topological polar surface area (TPSA) is 81.5 Å². The lowest BCUT2D eigenvalue weighted by Crippen LogP contribution is -2.30. The summed E-state index contributed by atoms with van der Waals surface area (Å²) < 4.78 is 5.22. The number of carbonyl (C=O) groups is 1. The first-order valence-electron chi connectivity index (χ1n) is 8.76. The molecule has 3 rings (SSSR count). The molecule has 26 heavy (non-hydrogen) atoms. The van der Waals surface area contributed by atoms with Crippen LogP contribution in [0.25, 0.3) is 0 Å². The zero-order valence-corrected chi connectivity index (χ0v) is 14.7. The Balaban J connectivity index is 1.88. The van der Waals surface area contributed by atoms with E-state index in [1.165, 1.54) is 12.1 Å². The van der Waals surface area contributed by atoms with Gasteiger partial charge in [0, 0.05) is 30.2 Å². The Morgan fingerprint density at radius 2 is 1.81 bits per heavy atom. The molecule has 2 aromatic rings. The zero-order valence-electron chi connectivity index (χ0n) is 14.7. The number of methoxy groups -OCH3 is 1. The molecular formula is C20H22N2O4. The fourth-order valence-corrected chi connectivity index (χ4v) is 3.45. The molecule has 6 nitrogen and oxygen atoms in total. The molecule has 1 N–H and O–H groups in total. The highest BCUT2D eigenvalue weighted by Gasteiger charge is 2.31. The van der Waals surface area contributed by atoms with Gasteiger partial charge in [0.05, 0.1) is 18.1 Å². The molecule has 1 aliphatic rings. The standard InChI is InChI=1S/C20H22N2O4/c1-26-17-12-6-14(7-13-17)20(18-4-2-3-5-19(18)23)21-15-8-10-16(11-9-15)22(24)25/h6-13,18,20-21H,2-5H2,1H3/t18-,20-/m0/s1. The van der Waals surface area contributed by atoms with Crippen molar-refractivity contribution in [2.45, 2.75) is 31.7 Å². The maximum atomic E-state index is 12.5. The van der Waals surface area contributed by atoms with Crippen LogP contribution in [0.5, 0.6) is 5.75 Å². The Morgan fingerprint density at radius 1 is 1.12 bits per heavy atom. The number of anilines is 1. The van der Waals surface area contributed by atoms with Crippen LogP contribution in [0.2, 0.25) is 0 Å². The predicted molar refractivity (Wildman–Crippen MR) is 99.4 cm³/mol. The van der Waals surface area contributed by atoms with Crippen LogP contribution in [0.4, 0.5) is 11.4 Å². The molecule has 1 fully saturated rings. The lowest BCUT2D eigenvalue weighted by atomic mass is 9.80. The molecule has 6 heteroatoms. The molecule has 2 aromatic carbocycles. The highest BCUT2D eigenvalue weighted by Crippen LogP contribution is 2.35. The van der Waals surface area contributed by atoms with Gasteiger partial charge < -0.3 is 10.1 Å². The van der Waals surface area contributed by atoms with Gasteiger partial charge in [-0.3, -0.25) is 14.9 Å². The molecule has 0 heterocycles. The summed E-state index contributed by atoms with van der Waals surface area (Å²) in [6.07, 6.45) is 3.43. The Morgan fingerprint density at radius 3 is 2.38 bits per heavy atom. The van der Waals surface area contributed by atoms with Gasteiger partial charge in [0.15, 0.2) is 0 Å². The Kier molecular flexibility index (Phi) is 5.51. The number of ketones is 1. The van der Waals surface area contributed by atoms with Crippen molar-refractivity contribution in [3.8, 4) is 5.75 Å². The van der Waals surface area contributed by atoms with Crippen molar-refractivity contribution in [1.82, 2.24) is 0 Å². The molecule has 0 saturated heterocycles. The molecule has 0 bridgehead atoms. The summed E-state index contributed by atoms with van der Waals surface area (Å²) in [5.74, 6) is 0.927. The second kappa shape index (κ2) is 7.99. The summed E-state index contributed by atoms with van der Waals surface area (Å²) in [6, 6.07) is 13.8. The third-order valence-electron chi connectivity index (χ3n) is 4.88. The van der Waals surface area contributed by atoms with Crippen LogP contribution in [0.15, 0.2) is 48.5 Å². The molecule has 0 unspecified atom stereocenters. The van der Waals surface area contributed by atoms with E-state index in [9.17, 15) is 14.9 Å². The van der Waals surface area contributed by atoms with Crippen molar-refractivity contribution in [2.75, 3.05) is 12.4 Å². The number of nitro benzene ring substituents is 1. The number of rotatable bonds is 6. The molecule has 0 aliphatic heterocycles. The van der Waals surface area contributed by atoms with Crippen LogP contribution in [-0.4, -0.2) is 17.8 Å². The van der Waals surface area contributed by atoms with E-state index < -0.39 is 4.92 Å². The van der Waals surface area contributed by atoms with Gasteiger partial charge in [-0.2, -0.15) is 0 Å². The second-order valence-corrected chi connectivity index (χ2v) is 6.52. The highest BCUT2D eigenvalue weighted by atomic mass is 16.6. The smallest absolute Gasteiger partial charge is 0.269 e. The molecular weight excluding hydrogens is 332 g/mol. The number of Topliss-reactive ketones (excluding diaryl/α,β-unsaturated/α-hetero) is 1. The zero-order chi connectivity index (χ0) is 18.5. The van der Waals surface area contributed by atoms with E-state index in [0.29, 0.717) is 6.42 Å². The van der Waals surface area contributed by atoms with E-state index in [-0.39, 0.29) is 23.4 Å². The summed E-state index contributed by atoms with van der Waals surface area (Å²) in [6.45, 7) is 0. The lowest BCUT2D eigenvalue weighted by molar-refractivity contribution is -0.384. The number of hydrogen-bond acceptors (Lipinski definition) is 5. The molecule has 0 spiro atoms. The number of nitrogens with one attached hydrogen (secondary N) is 1. The number of benzene rings is 2. The summed E-state index contributed by atoms with van der Waals surface area (Å²) in [5, 5.41) is 14.3. The number of non-ortho nitro benzene ring substituents is 1. The van der Waals surface area contributed by atoms with Crippen molar-refractivity contribution in [3.05, 3.63) is 64.2 Å². The Hall–Kier alpha value is -2.89. The van der Waals surface area contributed by atoms with Gasteiger partial charge in [0.25, 0.3) is 5.69 Å². The molecule has 0 amide bonds. The van der Waals surface area contributed by atoms with Gasteiger partial charge in [0.1, 0.15) is 11.5 Å². The maximum absolute atomic E-state index is 12.5. The van der Waals surface area contributed by atoms with E-state index in [2.05, 4.69) is 5.32 Å². The first kappa shape index (κ1) is 17.9. The first-order chi connectivity index (χ1) is 12.6.